The number of nitrogens with two attached hydrogens (primary N) is 1. The van der Waals surface area contributed by atoms with Crippen LogP contribution in [0.4, 0.5) is 5.69 Å². The van der Waals surface area contributed by atoms with Crippen molar-refractivity contribution < 1.29 is 19.1 Å². The summed E-state index contributed by atoms with van der Waals surface area (Å²) in [4.78, 5) is 22.7. The molecule has 0 bridgehead atoms. The molecule has 136 valence electrons. The molecule has 0 fully saturated rings. The van der Waals surface area contributed by atoms with E-state index in [9.17, 15) is 9.59 Å². The average molecular weight is 354 g/mol. The Morgan fingerprint density at radius 1 is 1.04 bits per heavy atom. The maximum Gasteiger partial charge on any atom is 0.255 e. The van der Waals surface area contributed by atoms with Gasteiger partial charge >= 0.3 is 0 Å². The number of hydrogen-bond donors (Lipinski definition) is 2. The summed E-state index contributed by atoms with van der Waals surface area (Å²) in [5.41, 5.74) is 6.53. The summed E-state index contributed by atoms with van der Waals surface area (Å²) in [6, 6.07) is 14.1. The van der Waals surface area contributed by atoms with E-state index in [1.165, 1.54) is 6.08 Å². The van der Waals surface area contributed by atoms with Crippen molar-refractivity contribution in [3.63, 3.8) is 0 Å². The quantitative estimate of drug-likeness (QED) is 0.713. The van der Waals surface area contributed by atoms with Gasteiger partial charge in [0.1, 0.15) is 11.5 Å². The molecule has 0 saturated heterocycles. The van der Waals surface area contributed by atoms with E-state index in [4.69, 9.17) is 15.2 Å². The molecule has 0 radical (unpaired) electrons. The average Bonchev–Trinajstić information content (AvgIpc) is 2.60. The van der Waals surface area contributed by atoms with E-state index in [-0.39, 0.29) is 18.6 Å². The number of primary amides is 1. The Morgan fingerprint density at radius 3 is 2.23 bits per heavy atom. The second-order valence-electron chi connectivity index (χ2n) is 5.84. The van der Waals surface area contributed by atoms with E-state index in [2.05, 4.69) is 5.32 Å². The molecule has 0 aromatic heterocycles. The van der Waals surface area contributed by atoms with Crippen LogP contribution in [0.25, 0.3) is 6.08 Å². The lowest BCUT2D eigenvalue weighted by molar-refractivity contribution is -0.120. The summed E-state index contributed by atoms with van der Waals surface area (Å²) in [6.07, 6.45) is 3.23. The normalized spacial score (nSPS) is 10.7. The molecule has 0 spiro atoms. The van der Waals surface area contributed by atoms with Crippen LogP contribution < -0.4 is 20.5 Å². The van der Waals surface area contributed by atoms with Crippen molar-refractivity contribution in [2.45, 2.75) is 20.0 Å². The minimum absolute atomic E-state index is 0.103. The van der Waals surface area contributed by atoms with Crippen molar-refractivity contribution in [1.82, 2.24) is 0 Å². The van der Waals surface area contributed by atoms with Crippen LogP contribution >= 0.6 is 0 Å². The fourth-order valence-corrected chi connectivity index (χ4v) is 2.07. The number of anilines is 1. The summed E-state index contributed by atoms with van der Waals surface area (Å²) in [5.74, 6) is 0.521. The number of amides is 2. The topological polar surface area (TPSA) is 90.7 Å². The zero-order chi connectivity index (χ0) is 18.9. The minimum Gasteiger partial charge on any atom is -0.491 e. The number of carbonyl (C=O) groups excluding carboxylic acids is 2. The van der Waals surface area contributed by atoms with Crippen molar-refractivity contribution in [3.8, 4) is 11.5 Å². The fraction of sp³-hybridized carbons (Fsp3) is 0.200. The van der Waals surface area contributed by atoms with E-state index in [0.717, 1.165) is 11.3 Å². The molecule has 6 heteroatoms. The standard InChI is InChI=1S/C20H22N2O4/c1-14(2)26-18-10-6-16(7-11-18)22-20(24)12-5-15-3-8-17(9-4-15)25-13-19(21)23/h3-12,14H,13H2,1-2H3,(H2,21,23)(H,22,24). The van der Waals surface area contributed by atoms with Crippen LogP contribution in [0.3, 0.4) is 0 Å². The number of carbonyl (C=O) groups is 2. The first kappa shape index (κ1) is 19.1. The molecule has 2 rings (SSSR count). The van der Waals surface area contributed by atoms with Crippen molar-refractivity contribution in [2.24, 2.45) is 5.73 Å². The highest BCUT2D eigenvalue weighted by molar-refractivity contribution is 6.01. The second-order valence-corrected chi connectivity index (χ2v) is 5.84. The van der Waals surface area contributed by atoms with Gasteiger partial charge in [-0.1, -0.05) is 12.1 Å². The summed E-state index contributed by atoms with van der Waals surface area (Å²) in [6.45, 7) is 3.74. The van der Waals surface area contributed by atoms with Crippen molar-refractivity contribution in [1.29, 1.82) is 0 Å². The Morgan fingerprint density at radius 2 is 1.65 bits per heavy atom. The van der Waals surface area contributed by atoms with E-state index < -0.39 is 5.91 Å². The first-order valence-corrected chi connectivity index (χ1v) is 8.19. The Bertz CT molecular complexity index is 765. The van der Waals surface area contributed by atoms with Gasteiger partial charge in [-0.05, 0) is 61.9 Å². The summed E-state index contributed by atoms with van der Waals surface area (Å²) >= 11 is 0. The first-order chi connectivity index (χ1) is 12.4. The van der Waals surface area contributed by atoms with E-state index in [0.29, 0.717) is 11.4 Å². The molecule has 2 aromatic carbocycles. The van der Waals surface area contributed by atoms with Gasteiger partial charge in [0.2, 0.25) is 5.91 Å². The fourth-order valence-electron chi connectivity index (χ4n) is 2.07. The Hall–Kier alpha value is -3.28. The Balaban J connectivity index is 1.87. The molecule has 0 aliphatic heterocycles. The van der Waals surface area contributed by atoms with Crippen LogP contribution in [-0.2, 0) is 9.59 Å². The van der Waals surface area contributed by atoms with E-state index in [1.54, 1.807) is 42.5 Å². The molecule has 2 amide bonds. The van der Waals surface area contributed by atoms with Gasteiger partial charge in [0.15, 0.2) is 6.61 Å². The first-order valence-electron chi connectivity index (χ1n) is 8.19. The van der Waals surface area contributed by atoms with Crippen molar-refractivity contribution in [3.05, 3.63) is 60.2 Å². The number of ether oxygens (including phenoxy) is 2. The molecular weight excluding hydrogens is 332 g/mol. The molecule has 6 nitrogen and oxygen atoms in total. The number of benzene rings is 2. The predicted molar refractivity (Wildman–Crippen MR) is 101 cm³/mol. The van der Waals surface area contributed by atoms with Gasteiger partial charge in [-0.15, -0.1) is 0 Å². The van der Waals surface area contributed by atoms with Gasteiger partial charge in [0.05, 0.1) is 6.10 Å². The molecule has 2 aromatic rings. The van der Waals surface area contributed by atoms with Crippen LogP contribution in [-0.4, -0.2) is 24.5 Å². The molecule has 0 atom stereocenters. The third kappa shape index (κ3) is 6.68. The zero-order valence-corrected chi connectivity index (χ0v) is 14.8. The predicted octanol–water partition coefficient (Wildman–Crippen LogP) is 2.99. The van der Waals surface area contributed by atoms with Gasteiger partial charge in [-0.3, -0.25) is 9.59 Å². The zero-order valence-electron chi connectivity index (χ0n) is 14.8. The lowest BCUT2D eigenvalue weighted by Crippen LogP contribution is -2.19. The molecule has 0 aliphatic rings. The number of nitrogens with one attached hydrogen (secondary N) is 1. The summed E-state index contributed by atoms with van der Waals surface area (Å²) in [5, 5.41) is 2.78. The minimum atomic E-state index is -0.533. The highest BCUT2D eigenvalue weighted by Gasteiger charge is 2.01. The molecule has 0 unspecified atom stereocenters. The third-order valence-electron chi connectivity index (χ3n) is 3.18. The lowest BCUT2D eigenvalue weighted by atomic mass is 10.2. The van der Waals surface area contributed by atoms with E-state index >= 15 is 0 Å². The molecule has 0 aliphatic carbocycles. The monoisotopic (exact) mass is 354 g/mol. The molecule has 0 heterocycles. The second kappa shape index (κ2) is 9.27. The SMILES string of the molecule is CC(C)Oc1ccc(NC(=O)C=Cc2ccc(OCC(N)=O)cc2)cc1. The maximum atomic E-state index is 12.0. The van der Waals surface area contributed by atoms with Crippen molar-refractivity contribution >= 4 is 23.6 Å². The molecule has 3 N–H and O–H groups in total. The molecule has 26 heavy (non-hydrogen) atoms. The lowest BCUT2D eigenvalue weighted by Gasteiger charge is -2.10. The van der Waals surface area contributed by atoms with Crippen molar-refractivity contribution in [2.75, 3.05) is 11.9 Å². The summed E-state index contributed by atoms with van der Waals surface area (Å²) < 4.78 is 10.7. The molecule has 0 saturated carbocycles. The number of hydrogen-bond acceptors (Lipinski definition) is 4. The highest BCUT2D eigenvalue weighted by Crippen LogP contribution is 2.17. The van der Waals surface area contributed by atoms with Crippen LogP contribution in [0.2, 0.25) is 0 Å². The van der Waals surface area contributed by atoms with Gasteiger partial charge in [0, 0.05) is 11.8 Å². The third-order valence-corrected chi connectivity index (χ3v) is 3.18. The van der Waals surface area contributed by atoms with Gasteiger partial charge in [0.25, 0.3) is 5.91 Å². The highest BCUT2D eigenvalue weighted by atomic mass is 16.5. The van der Waals surface area contributed by atoms with Crippen LogP contribution in [0.15, 0.2) is 54.6 Å². The maximum absolute atomic E-state index is 12.0. The largest absolute Gasteiger partial charge is 0.491 e. The smallest absolute Gasteiger partial charge is 0.255 e. The van der Waals surface area contributed by atoms with Crippen LogP contribution in [0, 0.1) is 0 Å². The molecular formula is C20H22N2O4. The van der Waals surface area contributed by atoms with E-state index in [1.807, 2.05) is 26.0 Å². The Kier molecular flexibility index (Phi) is 6.79. The van der Waals surface area contributed by atoms with Gasteiger partial charge in [-0.2, -0.15) is 0 Å². The summed E-state index contributed by atoms with van der Waals surface area (Å²) in [7, 11) is 0. The van der Waals surface area contributed by atoms with Gasteiger partial charge < -0.3 is 20.5 Å². The van der Waals surface area contributed by atoms with Gasteiger partial charge in [-0.25, -0.2) is 0 Å². The number of rotatable bonds is 8. The Labute approximate surface area is 152 Å². The van der Waals surface area contributed by atoms with Crippen LogP contribution in [0.1, 0.15) is 19.4 Å². The van der Waals surface area contributed by atoms with Crippen LogP contribution in [0.5, 0.6) is 11.5 Å².